The monoisotopic (exact) mass is 249 g/mol. The number of amides is 1. The minimum atomic E-state index is -0.215. The van der Waals surface area contributed by atoms with Gasteiger partial charge >= 0.3 is 0 Å². The lowest BCUT2D eigenvalue weighted by Gasteiger charge is -2.15. The van der Waals surface area contributed by atoms with Crippen LogP contribution >= 0.6 is 0 Å². The summed E-state index contributed by atoms with van der Waals surface area (Å²) in [6.07, 6.45) is 3.38. The molecule has 0 saturated carbocycles. The lowest BCUT2D eigenvalue weighted by molar-refractivity contribution is 0.0957. The molecule has 18 heavy (non-hydrogen) atoms. The first-order valence-corrected chi connectivity index (χ1v) is 6.32. The summed E-state index contributed by atoms with van der Waals surface area (Å²) >= 11 is 0. The van der Waals surface area contributed by atoms with Crippen molar-refractivity contribution in [2.24, 2.45) is 0 Å². The Labute approximate surface area is 107 Å². The van der Waals surface area contributed by atoms with E-state index >= 15 is 0 Å². The van der Waals surface area contributed by atoms with Crippen LogP contribution in [0.1, 0.15) is 29.8 Å². The number of rotatable bonds is 3. The van der Waals surface area contributed by atoms with E-state index in [9.17, 15) is 4.79 Å². The molecule has 0 radical (unpaired) electrons. The smallest absolute Gasteiger partial charge is 0.271 e. The number of carbonyl (C=O) groups excluding carboxylic acids is 1. The third kappa shape index (κ3) is 3.40. The largest absolute Gasteiger partial charge is 0.366 e. The van der Waals surface area contributed by atoms with Gasteiger partial charge in [0.15, 0.2) is 5.69 Å². The Bertz CT molecular complexity index is 384. The fourth-order valence-corrected chi connectivity index (χ4v) is 2.03. The van der Waals surface area contributed by atoms with Crippen LogP contribution in [0, 0.1) is 0 Å². The van der Waals surface area contributed by atoms with Gasteiger partial charge < -0.3 is 16.0 Å². The SMILES string of the molecule is CNC(=O)c1ccc(NC2CCCNCC2)nn1. The highest BCUT2D eigenvalue weighted by atomic mass is 16.1. The van der Waals surface area contributed by atoms with Crippen LogP contribution in [0.5, 0.6) is 0 Å². The molecule has 1 fully saturated rings. The van der Waals surface area contributed by atoms with Crippen molar-refractivity contribution in [1.29, 1.82) is 0 Å². The zero-order chi connectivity index (χ0) is 12.8. The van der Waals surface area contributed by atoms with E-state index in [4.69, 9.17) is 0 Å². The van der Waals surface area contributed by atoms with Crippen molar-refractivity contribution in [1.82, 2.24) is 20.8 Å². The summed E-state index contributed by atoms with van der Waals surface area (Å²) in [4.78, 5) is 11.3. The Morgan fingerprint density at radius 1 is 1.33 bits per heavy atom. The number of nitrogens with one attached hydrogen (secondary N) is 3. The first-order valence-electron chi connectivity index (χ1n) is 6.32. The zero-order valence-corrected chi connectivity index (χ0v) is 10.6. The predicted octanol–water partition coefficient (Wildman–Crippen LogP) is 0.390. The van der Waals surface area contributed by atoms with Gasteiger partial charge in [-0.3, -0.25) is 4.79 Å². The Balaban J connectivity index is 1.94. The predicted molar refractivity (Wildman–Crippen MR) is 69.6 cm³/mol. The summed E-state index contributed by atoms with van der Waals surface area (Å²) in [5.41, 5.74) is 0.339. The van der Waals surface area contributed by atoms with Crippen molar-refractivity contribution in [3.05, 3.63) is 17.8 Å². The highest BCUT2D eigenvalue weighted by Gasteiger charge is 2.12. The fourth-order valence-electron chi connectivity index (χ4n) is 2.03. The molecule has 0 spiro atoms. The van der Waals surface area contributed by atoms with E-state index in [0.29, 0.717) is 11.7 Å². The maximum absolute atomic E-state index is 11.3. The number of nitrogens with zero attached hydrogens (tertiary/aromatic N) is 2. The molecule has 1 saturated heterocycles. The molecule has 1 aromatic rings. The molecule has 6 nitrogen and oxygen atoms in total. The van der Waals surface area contributed by atoms with Crippen LogP contribution in [-0.4, -0.2) is 42.3 Å². The second-order valence-corrected chi connectivity index (χ2v) is 4.41. The number of carbonyl (C=O) groups is 1. The molecule has 0 aromatic carbocycles. The molecule has 2 rings (SSSR count). The molecule has 0 aliphatic carbocycles. The molecule has 1 amide bonds. The van der Waals surface area contributed by atoms with Crippen LogP contribution in [0.2, 0.25) is 0 Å². The van der Waals surface area contributed by atoms with Gasteiger partial charge in [-0.2, -0.15) is 0 Å². The van der Waals surface area contributed by atoms with E-state index in [1.165, 1.54) is 6.42 Å². The molecule has 1 aromatic heterocycles. The van der Waals surface area contributed by atoms with E-state index in [1.54, 1.807) is 19.2 Å². The van der Waals surface area contributed by atoms with Gasteiger partial charge in [-0.05, 0) is 44.5 Å². The average molecular weight is 249 g/mol. The molecule has 1 aliphatic heterocycles. The number of hydrogen-bond acceptors (Lipinski definition) is 5. The maximum atomic E-state index is 11.3. The minimum Gasteiger partial charge on any atom is -0.366 e. The second kappa shape index (κ2) is 6.30. The Hall–Kier alpha value is -1.69. The molecule has 6 heteroatoms. The lowest BCUT2D eigenvalue weighted by Crippen LogP contribution is -2.23. The average Bonchev–Trinajstić information content (AvgIpc) is 2.67. The normalized spacial score (nSPS) is 19.9. The summed E-state index contributed by atoms with van der Waals surface area (Å²) in [5, 5.41) is 17.2. The lowest BCUT2D eigenvalue weighted by atomic mass is 10.1. The maximum Gasteiger partial charge on any atom is 0.271 e. The molecular formula is C12H19N5O. The van der Waals surface area contributed by atoms with Crippen LogP contribution < -0.4 is 16.0 Å². The van der Waals surface area contributed by atoms with Gasteiger partial charge in [-0.1, -0.05) is 0 Å². The molecule has 1 unspecified atom stereocenters. The van der Waals surface area contributed by atoms with Crippen molar-refractivity contribution >= 4 is 11.7 Å². The van der Waals surface area contributed by atoms with Crippen LogP contribution in [0.4, 0.5) is 5.82 Å². The molecule has 0 bridgehead atoms. The molecule has 98 valence electrons. The van der Waals surface area contributed by atoms with E-state index in [0.717, 1.165) is 31.7 Å². The fraction of sp³-hybridized carbons (Fsp3) is 0.583. The first-order chi connectivity index (χ1) is 8.79. The van der Waals surface area contributed by atoms with Gasteiger partial charge in [0.2, 0.25) is 0 Å². The first kappa shape index (κ1) is 12.8. The number of aromatic nitrogens is 2. The number of hydrogen-bond donors (Lipinski definition) is 3. The van der Waals surface area contributed by atoms with Crippen molar-refractivity contribution < 1.29 is 4.79 Å². The van der Waals surface area contributed by atoms with Gasteiger partial charge in [0.25, 0.3) is 5.91 Å². The summed E-state index contributed by atoms with van der Waals surface area (Å²) in [7, 11) is 1.58. The Kier molecular flexibility index (Phi) is 4.46. The minimum absolute atomic E-state index is 0.215. The third-order valence-electron chi connectivity index (χ3n) is 3.05. The topological polar surface area (TPSA) is 78.9 Å². The summed E-state index contributed by atoms with van der Waals surface area (Å²) in [5.74, 6) is 0.516. The highest BCUT2D eigenvalue weighted by molar-refractivity contribution is 5.91. The van der Waals surface area contributed by atoms with E-state index in [-0.39, 0.29) is 5.91 Å². The number of anilines is 1. The molecule has 1 atom stereocenters. The van der Waals surface area contributed by atoms with Gasteiger partial charge in [0.1, 0.15) is 5.82 Å². The van der Waals surface area contributed by atoms with E-state index in [1.807, 2.05) is 0 Å². The van der Waals surface area contributed by atoms with Gasteiger partial charge in [0, 0.05) is 13.1 Å². The molecule has 2 heterocycles. The van der Waals surface area contributed by atoms with Crippen LogP contribution in [-0.2, 0) is 0 Å². The second-order valence-electron chi connectivity index (χ2n) is 4.41. The van der Waals surface area contributed by atoms with Gasteiger partial charge in [-0.15, -0.1) is 10.2 Å². The van der Waals surface area contributed by atoms with Crippen molar-refractivity contribution in [3.63, 3.8) is 0 Å². The molecule has 1 aliphatic rings. The molecular weight excluding hydrogens is 230 g/mol. The summed E-state index contributed by atoms with van der Waals surface area (Å²) in [6.45, 7) is 2.11. The Morgan fingerprint density at radius 2 is 2.22 bits per heavy atom. The summed E-state index contributed by atoms with van der Waals surface area (Å²) in [6, 6.07) is 3.92. The standard InChI is InChI=1S/C12H19N5O/c1-13-12(18)10-4-5-11(17-16-10)15-9-3-2-7-14-8-6-9/h4-5,9,14H,2-3,6-8H2,1H3,(H,13,18)(H,15,17). The van der Waals surface area contributed by atoms with E-state index in [2.05, 4.69) is 26.1 Å². The Morgan fingerprint density at radius 3 is 2.94 bits per heavy atom. The van der Waals surface area contributed by atoms with Crippen LogP contribution in [0.25, 0.3) is 0 Å². The molecule has 3 N–H and O–H groups in total. The quantitative estimate of drug-likeness (QED) is 0.722. The highest BCUT2D eigenvalue weighted by Crippen LogP contribution is 2.11. The zero-order valence-electron chi connectivity index (χ0n) is 10.6. The van der Waals surface area contributed by atoms with Gasteiger partial charge in [0.05, 0.1) is 0 Å². The van der Waals surface area contributed by atoms with Crippen LogP contribution in [0.3, 0.4) is 0 Å². The van der Waals surface area contributed by atoms with Gasteiger partial charge in [-0.25, -0.2) is 0 Å². The van der Waals surface area contributed by atoms with Crippen molar-refractivity contribution in [3.8, 4) is 0 Å². The van der Waals surface area contributed by atoms with E-state index < -0.39 is 0 Å². The van der Waals surface area contributed by atoms with Crippen LogP contribution in [0.15, 0.2) is 12.1 Å². The third-order valence-corrected chi connectivity index (χ3v) is 3.05. The van der Waals surface area contributed by atoms with Crippen molar-refractivity contribution in [2.75, 3.05) is 25.5 Å². The summed E-state index contributed by atoms with van der Waals surface area (Å²) < 4.78 is 0. The van der Waals surface area contributed by atoms with Crippen molar-refractivity contribution in [2.45, 2.75) is 25.3 Å².